The largest absolute Gasteiger partial charge is 0.444 e. The van der Waals surface area contributed by atoms with Crippen molar-refractivity contribution in [1.82, 2.24) is 10.6 Å². The first kappa shape index (κ1) is 13.3. The number of carbonyl (C=O) groups is 1. The highest BCUT2D eigenvalue weighted by Gasteiger charge is 2.24. The van der Waals surface area contributed by atoms with Crippen molar-refractivity contribution in [3.8, 4) is 0 Å². The summed E-state index contributed by atoms with van der Waals surface area (Å²) in [4.78, 5) is 11.4. The maximum absolute atomic E-state index is 11.4. The molecule has 0 saturated carbocycles. The van der Waals surface area contributed by atoms with Crippen molar-refractivity contribution < 1.29 is 14.6 Å². The third-order valence-electron chi connectivity index (χ3n) is 2.50. The highest BCUT2D eigenvalue weighted by molar-refractivity contribution is 5.67. The van der Waals surface area contributed by atoms with Crippen LogP contribution >= 0.6 is 0 Å². The van der Waals surface area contributed by atoms with Crippen LogP contribution in [0.15, 0.2) is 0 Å². The molecule has 0 aromatic rings. The summed E-state index contributed by atoms with van der Waals surface area (Å²) in [5, 5.41) is 15.4. The van der Waals surface area contributed by atoms with E-state index in [4.69, 9.17) is 4.74 Å². The number of β-amino-alcohol motifs (C(OH)–C–C–N with tert-alkyl or cyclic N) is 1. The molecule has 1 heterocycles. The lowest BCUT2D eigenvalue weighted by molar-refractivity contribution is 0.0457. The summed E-state index contributed by atoms with van der Waals surface area (Å²) in [6.07, 6.45) is 0.0682. The van der Waals surface area contributed by atoms with Gasteiger partial charge in [-0.15, -0.1) is 0 Å². The van der Waals surface area contributed by atoms with Crippen LogP contribution in [0, 0.1) is 5.92 Å². The molecule has 5 heteroatoms. The van der Waals surface area contributed by atoms with E-state index in [2.05, 4.69) is 10.6 Å². The molecule has 2 atom stereocenters. The van der Waals surface area contributed by atoms with Crippen molar-refractivity contribution >= 4 is 6.09 Å². The van der Waals surface area contributed by atoms with E-state index in [-0.39, 0.29) is 12.0 Å². The van der Waals surface area contributed by atoms with Crippen LogP contribution in [-0.2, 0) is 4.74 Å². The monoisotopic (exact) mass is 230 g/mol. The number of hydrogen-bond donors (Lipinski definition) is 3. The van der Waals surface area contributed by atoms with Crippen LogP contribution in [0.3, 0.4) is 0 Å². The zero-order chi connectivity index (χ0) is 12.2. The Hall–Kier alpha value is -0.810. The van der Waals surface area contributed by atoms with Gasteiger partial charge in [-0.3, -0.25) is 0 Å². The number of piperidine rings is 1. The first-order chi connectivity index (χ1) is 7.38. The summed E-state index contributed by atoms with van der Waals surface area (Å²) in [6, 6.07) is 0. The Morgan fingerprint density at radius 1 is 1.56 bits per heavy atom. The molecule has 0 aromatic heterocycles. The number of amides is 1. The second kappa shape index (κ2) is 5.50. The quantitative estimate of drug-likeness (QED) is 0.645. The summed E-state index contributed by atoms with van der Waals surface area (Å²) in [6.45, 7) is 7.43. The molecule has 3 N–H and O–H groups in total. The molecule has 0 spiro atoms. The smallest absolute Gasteiger partial charge is 0.407 e. The van der Waals surface area contributed by atoms with E-state index in [0.29, 0.717) is 13.1 Å². The van der Waals surface area contributed by atoms with E-state index in [1.807, 2.05) is 20.8 Å². The zero-order valence-corrected chi connectivity index (χ0v) is 10.2. The molecule has 0 aliphatic carbocycles. The molecule has 0 bridgehead atoms. The van der Waals surface area contributed by atoms with Crippen LogP contribution in [0.1, 0.15) is 27.2 Å². The second-order valence-electron chi connectivity index (χ2n) is 5.20. The van der Waals surface area contributed by atoms with Gasteiger partial charge in [0.2, 0.25) is 0 Å². The lowest BCUT2D eigenvalue weighted by atomic mass is 9.95. The molecule has 0 radical (unpaired) electrons. The van der Waals surface area contributed by atoms with Crippen LogP contribution < -0.4 is 10.6 Å². The van der Waals surface area contributed by atoms with E-state index in [1.165, 1.54) is 0 Å². The van der Waals surface area contributed by atoms with Gasteiger partial charge in [-0.25, -0.2) is 4.79 Å². The van der Waals surface area contributed by atoms with Gasteiger partial charge in [-0.1, -0.05) is 0 Å². The average molecular weight is 230 g/mol. The molecule has 0 aromatic carbocycles. The summed E-state index contributed by atoms with van der Waals surface area (Å²) in [5.74, 6) is 0.119. The highest BCUT2D eigenvalue weighted by Crippen LogP contribution is 2.12. The van der Waals surface area contributed by atoms with Gasteiger partial charge in [0.05, 0.1) is 6.10 Å². The predicted molar refractivity (Wildman–Crippen MR) is 61.2 cm³/mol. The van der Waals surface area contributed by atoms with Crippen molar-refractivity contribution in [2.45, 2.75) is 38.9 Å². The first-order valence-electron chi connectivity index (χ1n) is 5.74. The fourth-order valence-electron chi connectivity index (χ4n) is 1.66. The van der Waals surface area contributed by atoms with Crippen LogP contribution in [0.4, 0.5) is 4.79 Å². The van der Waals surface area contributed by atoms with E-state index in [1.54, 1.807) is 0 Å². The standard InChI is InChI=1S/C11H22N2O3/c1-11(2,3)16-10(15)13-6-8-4-5-12-7-9(8)14/h8-9,12,14H,4-7H2,1-3H3,(H,13,15)/t8-,9+/m1/s1. The van der Waals surface area contributed by atoms with E-state index in [0.717, 1.165) is 13.0 Å². The maximum atomic E-state index is 11.4. The van der Waals surface area contributed by atoms with Crippen molar-refractivity contribution in [1.29, 1.82) is 0 Å². The molecule has 94 valence electrons. The molecule has 1 saturated heterocycles. The van der Waals surface area contributed by atoms with Gasteiger partial charge in [0.15, 0.2) is 0 Å². The highest BCUT2D eigenvalue weighted by atomic mass is 16.6. The summed E-state index contributed by atoms with van der Waals surface area (Å²) in [7, 11) is 0. The van der Waals surface area contributed by atoms with Gasteiger partial charge >= 0.3 is 6.09 Å². The molecule has 5 nitrogen and oxygen atoms in total. The van der Waals surface area contributed by atoms with E-state index >= 15 is 0 Å². The van der Waals surface area contributed by atoms with Crippen LogP contribution in [0.2, 0.25) is 0 Å². The Labute approximate surface area is 96.6 Å². The molecule has 1 fully saturated rings. The summed E-state index contributed by atoms with van der Waals surface area (Å²) >= 11 is 0. The SMILES string of the molecule is CC(C)(C)OC(=O)NC[C@H]1CCNC[C@@H]1O. The van der Waals surface area contributed by atoms with Gasteiger partial charge < -0.3 is 20.5 Å². The van der Waals surface area contributed by atoms with Gasteiger partial charge in [0.1, 0.15) is 5.60 Å². The molecule has 1 amide bonds. The number of carbonyl (C=O) groups excluding carboxylic acids is 1. The number of hydrogen-bond acceptors (Lipinski definition) is 4. The Morgan fingerprint density at radius 2 is 2.25 bits per heavy atom. The van der Waals surface area contributed by atoms with Crippen LogP contribution in [-0.4, -0.2) is 42.5 Å². The number of alkyl carbamates (subject to hydrolysis) is 1. The zero-order valence-electron chi connectivity index (χ0n) is 10.2. The fourth-order valence-corrected chi connectivity index (χ4v) is 1.66. The molecule has 1 rings (SSSR count). The van der Waals surface area contributed by atoms with Gasteiger partial charge in [-0.05, 0) is 33.7 Å². The van der Waals surface area contributed by atoms with Crippen LogP contribution in [0.5, 0.6) is 0 Å². The summed E-state index contributed by atoms with van der Waals surface area (Å²) < 4.78 is 5.12. The Kier molecular flexibility index (Phi) is 4.56. The van der Waals surface area contributed by atoms with Gasteiger partial charge in [0, 0.05) is 19.0 Å². The normalized spacial score (nSPS) is 26.2. The Balaban J connectivity index is 2.25. The van der Waals surface area contributed by atoms with Crippen molar-refractivity contribution in [3.05, 3.63) is 0 Å². The minimum Gasteiger partial charge on any atom is -0.444 e. The minimum absolute atomic E-state index is 0.119. The Bertz CT molecular complexity index is 238. The second-order valence-corrected chi connectivity index (χ2v) is 5.20. The first-order valence-corrected chi connectivity index (χ1v) is 5.74. The third kappa shape index (κ3) is 4.81. The van der Waals surface area contributed by atoms with E-state index < -0.39 is 11.7 Å². The van der Waals surface area contributed by atoms with Crippen molar-refractivity contribution in [3.63, 3.8) is 0 Å². The van der Waals surface area contributed by atoms with E-state index in [9.17, 15) is 9.90 Å². The third-order valence-corrected chi connectivity index (χ3v) is 2.50. The lowest BCUT2D eigenvalue weighted by Gasteiger charge is -2.28. The maximum Gasteiger partial charge on any atom is 0.407 e. The number of ether oxygens (including phenoxy) is 1. The molecule has 1 aliphatic rings. The molecular weight excluding hydrogens is 208 g/mol. The van der Waals surface area contributed by atoms with Crippen LogP contribution in [0.25, 0.3) is 0 Å². The van der Waals surface area contributed by atoms with Crippen molar-refractivity contribution in [2.24, 2.45) is 5.92 Å². The number of nitrogens with one attached hydrogen (secondary N) is 2. The van der Waals surface area contributed by atoms with Crippen molar-refractivity contribution in [2.75, 3.05) is 19.6 Å². The summed E-state index contributed by atoms with van der Waals surface area (Å²) in [5.41, 5.74) is -0.475. The number of rotatable bonds is 2. The van der Waals surface area contributed by atoms with Gasteiger partial charge in [0.25, 0.3) is 0 Å². The molecule has 1 aliphatic heterocycles. The molecular formula is C11H22N2O3. The number of aliphatic hydroxyl groups is 1. The minimum atomic E-state index is -0.475. The lowest BCUT2D eigenvalue weighted by Crippen LogP contribution is -2.46. The van der Waals surface area contributed by atoms with Gasteiger partial charge in [-0.2, -0.15) is 0 Å². The Morgan fingerprint density at radius 3 is 2.81 bits per heavy atom. The average Bonchev–Trinajstić information content (AvgIpc) is 2.14. The molecule has 16 heavy (non-hydrogen) atoms. The topological polar surface area (TPSA) is 70.6 Å². The predicted octanol–water partition coefficient (Wildman–Crippen LogP) is 0.481. The fraction of sp³-hybridized carbons (Fsp3) is 0.909. The number of aliphatic hydroxyl groups excluding tert-OH is 1. The molecule has 0 unspecified atom stereocenters.